The van der Waals surface area contributed by atoms with Gasteiger partial charge in [-0.25, -0.2) is 4.98 Å². The van der Waals surface area contributed by atoms with E-state index in [0.717, 1.165) is 31.4 Å². The molecule has 2 saturated heterocycles. The van der Waals surface area contributed by atoms with Crippen LogP contribution in [0.25, 0.3) is 0 Å². The Hall–Kier alpha value is -3.64. The number of hydrogen-bond donors (Lipinski definition) is 3. The van der Waals surface area contributed by atoms with Crippen LogP contribution in [0, 0.1) is 29.6 Å². The quantitative estimate of drug-likeness (QED) is 0.176. The van der Waals surface area contributed by atoms with E-state index in [4.69, 9.17) is 0 Å². The van der Waals surface area contributed by atoms with Gasteiger partial charge >= 0.3 is 5.97 Å². The Kier molecular flexibility index (Phi) is 13.6. The van der Waals surface area contributed by atoms with Gasteiger partial charge in [-0.05, 0) is 62.5 Å². The van der Waals surface area contributed by atoms with Crippen LogP contribution in [-0.2, 0) is 25.6 Å². The minimum Gasteiger partial charge on any atom is -0.481 e. The number of rotatable bonds is 19. The number of ketones is 1. The summed E-state index contributed by atoms with van der Waals surface area (Å²) in [6, 6.07) is 8.30. The number of aromatic nitrogens is 1. The Balaban J connectivity index is 1.51. The van der Waals surface area contributed by atoms with E-state index in [9.17, 15) is 29.1 Å². The van der Waals surface area contributed by atoms with Crippen molar-refractivity contribution in [3.63, 3.8) is 0 Å². The van der Waals surface area contributed by atoms with Crippen LogP contribution < -0.4 is 10.6 Å². The number of carboxylic acids is 1. The van der Waals surface area contributed by atoms with E-state index in [1.165, 1.54) is 18.3 Å². The van der Waals surface area contributed by atoms with E-state index in [2.05, 4.69) is 20.5 Å². The van der Waals surface area contributed by atoms with E-state index in [-0.39, 0.29) is 54.0 Å². The van der Waals surface area contributed by atoms with Gasteiger partial charge in [0.25, 0.3) is 5.91 Å². The maximum atomic E-state index is 14.3. The summed E-state index contributed by atoms with van der Waals surface area (Å²) >= 11 is 1.26. The lowest BCUT2D eigenvalue weighted by atomic mass is 9.68. The number of carboxylic acid groups (broad SMARTS) is 1. The van der Waals surface area contributed by atoms with Gasteiger partial charge in [0.15, 0.2) is 5.78 Å². The molecule has 1 aromatic heterocycles. The van der Waals surface area contributed by atoms with Gasteiger partial charge in [-0.1, -0.05) is 71.4 Å². The van der Waals surface area contributed by atoms with Crippen molar-refractivity contribution >= 4 is 40.8 Å². The Morgan fingerprint density at radius 1 is 1.06 bits per heavy atom. The van der Waals surface area contributed by atoms with Crippen molar-refractivity contribution in [2.45, 2.75) is 110 Å². The summed E-state index contributed by atoms with van der Waals surface area (Å²) in [6.07, 6.45) is 3.85. The number of carbonyl (C=O) groups is 5. The van der Waals surface area contributed by atoms with Crippen LogP contribution in [0.4, 0.5) is 0 Å². The van der Waals surface area contributed by atoms with Gasteiger partial charge < -0.3 is 20.6 Å². The van der Waals surface area contributed by atoms with Gasteiger partial charge in [0, 0.05) is 50.3 Å². The first kappa shape index (κ1) is 40.1. The standard InChI is InChI=1S/C39H57N5O6S/c1-9-24(4)30(17-34(46)39-19-28(20-39)21-43(39)7)37(48)44(8)33(23(2)3)18-31(40-26(6)45)36-42-32(22-51-36)35(47)41-29(15-25(5)38(49)50)16-27-13-11-10-12-14-27/h10-14,22-25,28-31,33H,9,15-21H2,1-8H3,(H,40,45)(H,41,47)(H,49,50)/t24-,25-,28?,29+,30-,31+,33+,39?/m0/s1. The summed E-state index contributed by atoms with van der Waals surface area (Å²) in [4.78, 5) is 74.2. The van der Waals surface area contributed by atoms with Crippen LogP contribution in [0.1, 0.15) is 107 Å². The number of nitrogens with zero attached hydrogens (tertiary/aromatic N) is 3. The smallest absolute Gasteiger partial charge is 0.306 e. The van der Waals surface area contributed by atoms with Gasteiger partial charge in [0.05, 0.1) is 17.5 Å². The van der Waals surface area contributed by atoms with Crippen LogP contribution in [0.2, 0.25) is 0 Å². The van der Waals surface area contributed by atoms with Gasteiger partial charge in [-0.15, -0.1) is 11.3 Å². The average molecular weight is 724 g/mol. The Labute approximate surface area is 307 Å². The highest BCUT2D eigenvalue weighted by Crippen LogP contribution is 2.51. The number of thiazole rings is 1. The van der Waals surface area contributed by atoms with Crippen molar-refractivity contribution in [3.8, 4) is 0 Å². The third-order valence-corrected chi connectivity index (χ3v) is 12.3. The third-order valence-electron chi connectivity index (χ3n) is 11.3. The molecule has 3 fully saturated rings. The van der Waals surface area contributed by atoms with Crippen molar-refractivity contribution < 1.29 is 29.1 Å². The molecule has 2 aliphatic heterocycles. The molecule has 3 aliphatic rings. The number of Topliss-reactive ketones (excluding diaryl/α,β-unsaturated/α-hetero) is 1. The zero-order chi connectivity index (χ0) is 37.6. The Bertz CT molecular complexity index is 1540. The monoisotopic (exact) mass is 723 g/mol. The molecular formula is C39H57N5O6S. The van der Waals surface area contributed by atoms with Crippen molar-refractivity contribution in [3.05, 3.63) is 52.0 Å². The maximum absolute atomic E-state index is 14.3. The lowest BCUT2D eigenvalue weighted by molar-refractivity contribution is -0.144. The van der Waals surface area contributed by atoms with Crippen LogP contribution in [-0.4, -0.2) is 87.6 Å². The molecule has 11 nitrogen and oxygen atoms in total. The first-order valence-corrected chi connectivity index (χ1v) is 19.2. The number of amides is 3. The predicted molar refractivity (Wildman–Crippen MR) is 198 cm³/mol. The highest BCUT2D eigenvalue weighted by Gasteiger charge is 2.59. The molecule has 2 bridgehead atoms. The predicted octanol–water partition coefficient (Wildman–Crippen LogP) is 5.36. The second-order valence-electron chi connectivity index (χ2n) is 15.5. The molecule has 1 aliphatic carbocycles. The van der Waals surface area contributed by atoms with Gasteiger partial charge in [-0.3, -0.25) is 28.9 Å². The fraction of sp³-hybridized carbons (Fsp3) is 0.641. The first-order chi connectivity index (χ1) is 24.1. The number of aliphatic carboxylic acids is 1. The van der Waals surface area contributed by atoms with Gasteiger partial charge in [-0.2, -0.15) is 0 Å². The summed E-state index contributed by atoms with van der Waals surface area (Å²) in [7, 11) is 3.81. The summed E-state index contributed by atoms with van der Waals surface area (Å²) < 4.78 is 0. The van der Waals surface area contributed by atoms with Gasteiger partial charge in [0.2, 0.25) is 11.8 Å². The minimum absolute atomic E-state index is 0.0195. The van der Waals surface area contributed by atoms with Crippen molar-refractivity contribution in [1.29, 1.82) is 0 Å². The summed E-state index contributed by atoms with van der Waals surface area (Å²) in [5, 5.41) is 17.7. The second-order valence-corrected chi connectivity index (χ2v) is 16.4. The van der Waals surface area contributed by atoms with E-state index in [1.54, 1.807) is 24.3 Å². The molecule has 1 aromatic carbocycles. The van der Waals surface area contributed by atoms with Crippen molar-refractivity contribution in [2.24, 2.45) is 29.6 Å². The molecule has 2 aromatic rings. The molecule has 6 atom stereocenters. The normalized spacial score (nSPS) is 21.9. The molecule has 0 unspecified atom stereocenters. The first-order valence-electron chi connectivity index (χ1n) is 18.4. The zero-order valence-electron chi connectivity index (χ0n) is 31.5. The number of carbonyl (C=O) groups excluding carboxylic acids is 4. The zero-order valence-corrected chi connectivity index (χ0v) is 32.3. The number of likely N-dealkylation sites (N-methyl/N-ethyl adjacent to an activating group) is 1. The summed E-state index contributed by atoms with van der Waals surface area (Å²) in [5.74, 6) is -2.00. The maximum Gasteiger partial charge on any atom is 0.306 e. The molecule has 3 N–H and O–H groups in total. The van der Waals surface area contributed by atoms with E-state index in [0.29, 0.717) is 23.8 Å². The summed E-state index contributed by atoms with van der Waals surface area (Å²) in [6.45, 7) is 12.2. The van der Waals surface area contributed by atoms with E-state index in [1.807, 2.05) is 65.1 Å². The van der Waals surface area contributed by atoms with Crippen LogP contribution in [0.15, 0.2) is 35.7 Å². The molecule has 51 heavy (non-hydrogen) atoms. The largest absolute Gasteiger partial charge is 0.481 e. The van der Waals surface area contributed by atoms with Crippen molar-refractivity contribution in [2.75, 3.05) is 20.6 Å². The highest BCUT2D eigenvalue weighted by atomic mass is 32.1. The molecule has 5 rings (SSSR count). The topological polar surface area (TPSA) is 149 Å². The number of nitrogens with one attached hydrogen (secondary N) is 2. The molecule has 3 heterocycles. The van der Waals surface area contributed by atoms with Gasteiger partial charge in [0.1, 0.15) is 10.7 Å². The second kappa shape index (κ2) is 17.3. The lowest BCUT2D eigenvalue weighted by Gasteiger charge is -2.41. The Morgan fingerprint density at radius 3 is 2.27 bits per heavy atom. The number of hydrogen-bond acceptors (Lipinski definition) is 8. The Morgan fingerprint density at radius 2 is 1.73 bits per heavy atom. The van der Waals surface area contributed by atoms with Crippen LogP contribution in [0.5, 0.6) is 0 Å². The number of fused-ring (bicyclic) bond motifs is 1. The minimum atomic E-state index is -0.931. The fourth-order valence-corrected chi connectivity index (χ4v) is 8.85. The lowest BCUT2D eigenvalue weighted by Crippen LogP contribution is -2.53. The van der Waals surface area contributed by atoms with Crippen LogP contribution in [0.3, 0.4) is 0 Å². The number of benzene rings is 1. The third kappa shape index (κ3) is 9.62. The average Bonchev–Trinajstić information content (AvgIpc) is 3.77. The molecule has 280 valence electrons. The molecule has 3 amide bonds. The SMILES string of the molecule is CC[C@H](C)[C@H](CC(=O)C12CC(CN1C)C2)C(=O)N(C)[C@H](C[C@@H](NC(C)=O)c1nc(C(=O)N[C@@H](Cc2ccccc2)C[C@H](C)C(=O)O)cs1)C(C)C. The van der Waals surface area contributed by atoms with Crippen LogP contribution >= 0.6 is 11.3 Å². The van der Waals surface area contributed by atoms with E-state index < -0.39 is 41.3 Å². The van der Waals surface area contributed by atoms with Crippen molar-refractivity contribution in [1.82, 2.24) is 25.4 Å². The molecule has 0 radical (unpaired) electrons. The highest BCUT2D eigenvalue weighted by molar-refractivity contribution is 7.09. The molecule has 12 heteroatoms. The fourth-order valence-electron chi connectivity index (χ4n) is 7.99. The molecule has 0 spiro atoms. The molecular weight excluding hydrogens is 667 g/mol. The summed E-state index contributed by atoms with van der Waals surface area (Å²) in [5.41, 5.74) is 0.737. The van der Waals surface area contributed by atoms with E-state index >= 15 is 0 Å². The molecule has 1 saturated carbocycles.